The van der Waals surface area contributed by atoms with E-state index in [2.05, 4.69) is 5.10 Å². The highest BCUT2D eigenvalue weighted by molar-refractivity contribution is 5.96. The molecule has 0 aliphatic heterocycles. The fourth-order valence-electron chi connectivity index (χ4n) is 1.75. The Morgan fingerprint density at radius 2 is 2.26 bits per heavy atom. The van der Waals surface area contributed by atoms with Gasteiger partial charge in [-0.1, -0.05) is 0 Å². The number of carbonyl (C=O) groups is 1. The second kappa shape index (κ2) is 5.43. The predicted molar refractivity (Wildman–Crippen MR) is 71.8 cm³/mol. The van der Waals surface area contributed by atoms with Crippen LogP contribution >= 0.6 is 0 Å². The van der Waals surface area contributed by atoms with Crippen LogP contribution < -0.4 is 16.2 Å². The molecule has 1 heterocycles. The second-order valence-electron chi connectivity index (χ2n) is 4.24. The first kappa shape index (κ1) is 12.9. The monoisotopic (exact) mass is 260 g/mol. The third-order valence-electron chi connectivity index (χ3n) is 2.68. The molecular weight excluding hydrogens is 244 g/mol. The number of nitrogens with two attached hydrogens (primary N) is 2. The molecular formula is C13H16N4O2. The van der Waals surface area contributed by atoms with Crippen molar-refractivity contribution < 1.29 is 9.53 Å². The van der Waals surface area contributed by atoms with Gasteiger partial charge in [0.15, 0.2) is 0 Å². The van der Waals surface area contributed by atoms with Gasteiger partial charge in [0.25, 0.3) is 5.91 Å². The molecule has 100 valence electrons. The number of hydrogen-bond donors (Lipinski definition) is 2. The number of carbonyl (C=O) groups excluding carboxylic acids is 1. The minimum atomic E-state index is -0.552. The predicted octanol–water partition coefficient (Wildman–Crippen LogP) is 0.723. The molecule has 4 N–H and O–H groups in total. The van der Waals surface area contributed by atoms with Crippen molar-refractivity contribution in [2.45, 2.75) is 6.42 Å². The lowest BCUT2D eigenvalue weighted by molar-refractivity contribution is 0.0996. The molecule has 6 nitrogen and oxygen atoms in total. The molecule has 1 amide bonds. The molecule has 0 atom stereocenters. The lowest BCUT2D eigenvalue weighted by atomic mass is 10.1. The number of aromatic nitrogens is 2. The third-order valence-corrected chi connectivity index (χ3v) is 2.68. The highest BCUT2D eigenvalue weighted by atomic mass is 16.5. The van der Waals surface area contributed by atoms with Crippen LogP contribution in [0.3, 0.4) is 0 Å². The van der Waals surface area contributed by atoms with Crippen LogP contribution in [0.4, 0.5) is 5.69 Å². The Hall–Kier alpha value is -2.50. The second-order valence-corrected chi connectivity index (χ2v) is 4.24. The van der Waals surface area contributed by atoms with E-state index < -0.39 is 5.91 Å². The number of anilines is 1. The third kappa shape index (κ3) is 3.25. The number of ether oxygens (including phenoxy) is 1. The van der Waals surface area contributed by atoms with Crippen molar-refractivity contribution in [2.24, 2.45) is 12.8 Å². The van der Waals surface area contributed by atoms with E-state index in [1.165, 1.54) is 6.07 Å². The number of benzene rings is 1. The molecule has 0 spiro atoms. The van der Waals surface area contributed by atoms with Crippen LogP contribution in [-0.4, -0.2) is 22.3 Å². The summed E-state index contributed by atoms with van der Waals surface area (Å²) in [7, 11) is 1.86. The number of amides is 1. The van der Waals surface area contributed by atoms with E-state index >= 15 is 0 Å². The fourth-order valence-corrected chi connectivity index (χ4v) is 1.75. The summed E-state index contributed by atoms with van der Waals surface area (Å²) in [4.78, 5) is 11.3. The molecule has 1 aromatic carbocycles. The molecule has 2 rings (SSSR count). The summed E-state index contributed by atoms with van der Waals surface area (Å²) in [5.74, 6) is -0.103. The van der Waals surface area contributed by atoms with Crippen molar-refractivity contribution in [1.29, 1.82) is 0 Å². The summed E-state index contributed by atoms with van der Waals surface area (Å²) < 4.78 is 7.30. The van der Waals surface area contributed by atoms with Gasteiger partial charge >= 0.3 is 0 Å². The van der Waals surface area contributed by atoms with Gasteiger partial charge in [0.05, 0.1) is 18.4 Å². The normalized spacial score (nSPS) is 10.4. The summed E-state index contributed by atoms with van der Waals surface area (Å²) in [5, 5.41) is 4.07. The standard InChI is InChI=1S/C13H16N4O2/c1-17-8-9(7-16-17)4-5-19-12-3-2-10(14)6-11(12)13(15)18/h2-3,6-8H,4-5,14H2,1H3,(H2,15,18). The van der Waals surface area contributed by atoms with Crippen LogP contribution in [-0.2, 0) is 13.5 Å². The van der Waals surface area contributed by atoms with Crippen LogP contribution in [0.2, 0.25) is 0 Å². The summed E-state index contributed by atoms with van der Waals surface area (Å²) in [6.45, 7) is 0.440. The smallest absolute Gasteiger partial charge is 0.252 e. The number of nitrogens with zero attached hydrogens (tertiary/aromatic N) is 2. The van der Waals surface area contributed by atoms with E-state index in [1.807, 2.05) is 13.2 Å². The zero-order valence-corrected chi connectivity index (χ0v) is 10.7. The zero-order chi connectivity index (χ0) is 13.8. The highest BCUT2D eigenvalue weighted by Gasteiger charge is 2.10. The number of rotatable bonds is 5. The van der Waals surface area contributed by atoms with Gasteiger partial charge in [0.1, 0.15) is 5.75 Å². The first-order chi connectivity index (χ1) is 9.06. The van der Waals surface area contributed by atoms with Crippen LogP contribution in [0.15, 0.2) is 30.6 Å². The Morgan fingerprint density at radius 1 is 1.47 bits per heavy atom. The Kier molecular flexibility index (Phi) is 3.70. The number of nitrogen functional groups attached to an aromatic ring is 1. The number of aryl methyl sites for hydroxylation is 1. The quantitative estimate of drug-likeness (QED) is 0.774. The van der Waals surface area contributed by atoms with Gasteiger partial charge in [-0.2, -0.15) is 5.10 Å². The van der Waals surface area contributed by atoms with Gasteiger partial charge in [-0.15, -0.1) is 0 Å². The summed E-state index contributed by atoms with van der Waals surface area (Å²) in [6, 6.07) is 4.84. The van der Waals surface area contributed by atoms with E-state index in [0.717, 1.165) is 5.56 Å². The van der Waals surface area contributed by atoms with E-state index in [-0.39, 0.29) is 0 Å². The van der Waals surface area contributed by atoms with Crippen molar-refractivity contribution >= 4 is 11.6 Å². The van der Waals surface area contributed by atoms with E-state index in [4.69, 9.17) is 16.2 Å². The molecule has 0 saturated heterocycles. The minimum absolute atomic E-state index is 0.297. The van der Waals surface area contributed by atoms with Crippen molar-refractivity contribution in [3.8, 4) is 5.75 Å². The molecule has 0 fully saturated rings. The molecule has 6 heteroatoms. The Balaban J connectivity index is 2.01. The average molecular weight is 260 g/mol. The molecule has 19 heavy (non-hydrogen) atoms. The maximum Gasteiger partial charge on any atom is 0.252 e. The molecule has 0 aliphatic carbocycles. The topological polar surface area (TPSA) is 96.2 Å². The number of hydrogen-bond acceptors (Lipinski definition) is 4. The van der Waals surface area contributed by atoms with Crippen LogP contribution in [0.5, 0.6) is 5.75 Å². The van der Waals surface area contributed by atoms with E-state index in [9.17, 15) is 4.79 Å². The lowest BCUT2D eigenvalue weighted by Gasteiger charge is -2.09. The van der Waals surface area contributed by atoms with Crippen molar-refractivity contribution in [3.05, 3.63) is 41.7 Å². The van der Waals surface area contributed by atoms with Crippen molar-refractivity contribution in [2.75, 3.05) is 12.3 Å². The van der Waals surface area contributed by atoms with Gasteiger partial charge in [-0.25, -0.2) is 0 Å². The first-order valence-corrected chi connectivity index (χ1v) is 5.86. The van der Waals surface area contributed by atoms with Gasteiger partial charge in [-0.3, -0.25) is 9.48 Å². The molecule has 0 bridgehead atoms. The van der Waals surface area contributed by atoms with Gasteiger partial charge < -0.3 is 16.2 Å². The van der Waals surface area contributed by atoms with Crippen molar-refractivity contribution in [3.63, 3.8) is 0 Å². The summed E-state index contributed by atoms with van der Waals surface area (Å²) in [5.41, 5.74) is 12.7. The largest absolute Gasteiger partial charge is 0.492 e. The maximum absolute atomic E-state index is 11.3. The Morgan fingerprint density at radius 3 is 2.89 bits per heavy atom. The zero-order valence-electron chi connectivity index (χ0n) is 10.7. The maximum atomic E-state index is 11.3. The lowest BCUT2D eigenvalue weighted by Crippen LogP contribution is -2.14. The number of primary amides is 1. The minimum Gasteiger partial charge on any atom is -0.492 e. The summed E-state index contributed by atoms with van der Waals surface area (Å²) >= 11 is 0. The first-order valence-electron chi connectivity index (χ1n) is 5.86. The van der Waals surface area contributed by atoms with E-state index in [1.54, 1.807) is 23.0 Å². The molecule has 1 aromatic heterocycles. The average Bonchev–Trinajstić information content (AvgIpc) is 2.77. The molecule has 2 aromatic rings. The Labute approximate surface area is 111 Å². The summed E-state index contributed by atoms with van der Waals surface area (Å²) in [6.07, 6.45) is 4.40. The molecule has 0 radical (unpaired) electrons. The van der Waals surface area contributed by atoms with Gasteiger partial charge in [-0.05, 0) is 23.8 Å². The molecule has 0 aliphatic rings. The van der Waals surface area contributed by atoms with Crippen LogP contribution in [0.1, 0.15) is 15.9 Å². The Bertz CT molecular complexity index is 592. The SMILES string of the molecule is Cn1cc(CCOc2ccc(N)cc2C(N)=O)cn1. The van der Waals surface area contributed by atoms with Crippen molar-refractivity contribution in [1.82, 2.24) is 9.78 Å². The highest BCUT2D eigenvalue weighted by Crippen LogP contribution is 2.21. The fraction of sp³-hybridized carbons (Fsp3) is 0.231. The van der Waals surface area contributed by atoms with E-state index in [0.29, 0.717) is 30.0 Å². The molecule has 0 saturated carbocycles. The molecule has 0 unspecified atom stereocenters. The van der Waals surface area contributed by atoms with Crippen LogP contribution in [0.25, 0.3) is 0 Å². The van der Waals surface area contributed by atoms with Gasteiger partial charge in [0.2, 0.25) is 0 Å². The van der Waals surface area contributed by atoms with Crippen LogP contribution in [0, 0.1) is 0 Å². The van der Waals surface area contributed by atoms with Gasteiger partial charge in [0, 0.05) is 25.4 Å².